The van der Waals surface area contributed by atoms with Crippen LogP contribution in [0, 0.1) is 0 Å². The van der Waals surface area contributed by atoms with Crippen LogP contribution in [0.25, 0.3) is 0 Å². The molecule has 0 saturated carbocycles. The minimum atomic E-state index is -1.59. The third kappa shape index (κ3) is 3.92. The number of aromatic hydroxyl groups is 1. The molecule has 0 aromatic heterocycles. The van der Waals surface area contributed by atoms with Gasteiger partial charge in [-0.15, -0.1) is 0 Å². The number of phenols is 1. The molecule has 2 rings (SSSR count). The van der Waals surface area contributed by atoms with Crippen LogP contribution in [0.5, 0.6) is 11.5 Å². The Hall–Kier alpha value is -0.550. The molecule has 0 bridgehead atoms. The predicted molar refractivity (Wildman–Crippen MR) is 88.2 cm³/mol. The van der Waals surface area contributed by atoms with Gasteiger partial charge in [0.25, 0.3) is 0 Å². The fourth-order valence-electron chi connectivity index (χ4n) is 2.35. The molecule has 25 heavy (non-hydrogen) atoms. The first-order chi connectivity index (χ1) is 11.7. The molecule has 1 fully saturated rings. The van der Waals surface area contributed by atoms with Crippen molar-refractivity contribution in [1.29, 1.82) is 0 Å². The summed E-state index contributed by atoms with van der Waals surface area (Å²) in [6.07, 6.45) is -7.19. The Balaban J connectivity index is 2.22. The van der Waals surface area contributed by atoms with Crippen molar-refractivity contribution in [2.45, 2.75) is 37.3 Å². The van der Waals surface area contributed by atoms with Gasteiger partial charge in [-0.1, -0.05) is 34.8 Å². The lowest BCUT2D eigenvalue weighted by Gasteiger charge is -2.39. The highest BCUT2D eigenvalue weighted by molar-refractivity contribution is 6.42. The van der Waals surface area contributed by atoms with Gasteiger partial charge in [-0.25, -0.2) is 0 Å². The van der Waals surface area contributed by atoms with E-state index in [1.54, 1.807) is 0 Å². The van der Waals surface area contributed by atoms with Crippen LogP contribution in [-0.4, -0.2) is 70.0 Å². The van der Waals surface area contributed by atoms with Gasteiger partial charge in [-0.05, 0) is 0 Å². The van der Waals surface area contributed by atoms with Gasteiger partial charge in [0.05, 0.1) is 30.4 Å². The summed E-state index contributed by atoms with van der Waals surface area (Å²) in [6.45, 7) is -0.941. The molecular weight excluding hydrogens is 403 g/mol. The number of methoxy groups -OCH3 is 1. The summed E-state index contributed by atoms with van der Waals surface area (Å²) in [5.41, 5.74) is 0.110. The first-order valence-corrected chi connectivity index (χ1v) is 8.22. The molecular formula is C14H17Cl3O8. The van der Waals surface area contributed by atoms with E-state index in [9.17, 15) is 20.4 Å². The maximum absolute atomic E-state index is 9.93. The number of aliphatic hydroxyl groups excluding tert-OH is 4. The molecule has 1 aliphatic rings. The predicted octanol–water partition coefficient (Wildman–Crippen LogP) is 0.677. The molecule has 5 atom stereocenters. The van der Waals surface area contributed by atoms with Crippen LogP contribution in [0.15, 0.2) is 0 Å². The van der Waals surface area contributed by atoms with E-state index in [4.69, 9.17) is 54.1 Å². The number of ether oxygens (including phenoxy) is 3. The van der Waals surface area contributed by atoms with Crippen LogP contribution < -0.4 is 4.74 Å². The van der Waals surface area contributed by atoms with Gasteiger partial charge in [-0.3, -0.25) is 0 Å². The van der Waals surface area contributed by atoms with Crippen molar-refractivity contribution in [3.8, 4) is 11.5 Å². The van der Waals surface area contributed by atoms with Gasteiger partial charge in [-0.2, -0.15) is 0 Å². The minimum absolute atomic E-state index is 0.0140. The van der Waals surface area contributed by atoms with Crippen molar-refractivity contribution < 1.29 is 39.7 Å². The van der Waals surface area contributed by atoms with Crippen molar-refractivity contribution in [3.05, 3.63) is 20.6 Å². The van der Waals surface area contributed by atoms with E-state index < -0.39 is 43.1 Å². The Morgan fingerprint density at radius 3 is 2.20 bits per heavy atom. The molecule has 8 nitrogen and oxygen atoms in total. The van der Waals surface area contributed by atoms with Crippen molar-refractivity contribution in [2.75, 3.05) is 13.7 Å². The summed E-state index contributed by atoms with van der Waals surface area (Å²) >= 11 is 18.0. The molecule has 0 unspecified atom stereocenters. The second-order valence-electron chi connectivity index (χ2n) is 5.31. The lowest BCUT2D eigenvalue weighted by molar-refractivity contribution is -0.304. The molecule has 142 valence electrons. The maximum Gasteiger partial charge on any atom is 0.187 e. The lowest BCUT2D eigenvalue weighted by atomic mass is 9.99. The molecule has 1 aromatic rings. The zero-order valence-corrected chi connectivity index (χ0v) is 15.2. The van der Waals surface area contributed by atoms with Crippen molar-refractivity contribution in [2.24, 2.45) is 0 Å². The average molecular weight is 420 g/mol. The standard InChI is InChI=1S/C14H17Cl3O8/c1-23-13-7(16)4(6(15)10(20)8(13)17)3-24-14-12(22)11(21)9(19)5(2-18)25-14/h5,9,11-12,14,18-22H,2-3H2,1H3/t5-,9-,11+,12-,14-/m1/s1. The summed E-state index contributed by atoms with van der Waals surface area (Å²) in [5.74, 6) is -0.477. The summed E-state index contributed by atoms with van der Waals surface area (Å²) in [5, 5.41) is 48.1. The maximum atomic E-state index is 9.93. The Bertz CT molecular complexity index is 627. The summed E-state index contributed by atoms with van der Waals surface area (Å²) in [4.78, 5) is 0. The lowest BCUT2D eigenvalue weighted by Crippen LogP contribution is -2.59. The number of rotatable bonds is 5. The number of benzene rings is 1. The third-order valence-electron chi connectivity index (χ3n) is 3.79. The first kappa shape index (κ1) is 20.8. The number of aliphatic hydroxyl groups is 4. The van der Waals surface area contributed by atoms with Gasteiger partial charge >= 0.3 is 0 Å². The Kier molecular flexibility index (Phi) is 7.00. The molecule has 0 aliphatic carbocycles. The van der Waals surface area contributed by atoms with E-state index in [-0.39, 0.29) is 33.0 Å². The minimum Gasteiger partial charge on any atom is -0.505 e. The van der Waals surface area contributed by atoms with Crippen LogP contribution in [0.3, 0.4) is 0 Å². The Labute approximate surface area is 158 Å². The number of phenolic OH excluding ortho intramolecular Hbond substituents is 1. The van der Waals surface area contributed by atoms with Crippen LogP contribution in [0.2, 0.25) is 15.1 Å². The van der Waals surface area contributed by atoms with Gasteiger partial charge in [0.2, 0.25) is 0 Å². The Morgan fingerprint density at radius 1 is 1.00 bits per heavy atom. The first-order valence-electron chi connectivity index (χ1n) is 7.08. The Morgan fingerprint density at radius 2 is 1.64 bits per heavy atom. The van der Waals surface area contributed by atoms with Crippen LogP contribution >= 0.6 is 34.8 Å². The monoisotopic (exact) mass is 418 g/mol. The molecule has 1 saturated heterocycles. The van der Waals surface area contributed by atoms with E-state index in [0.29, 0.717) is 0 Å². The fraction of sp³-hybridized carbons (Fsp3) is 0.571. The smallest absolute Gasteiger partial charge is 0.187 e. The molecule has 1 aliphatic heterocycles. The summed E-state index contributed by atoms with van der Waals surface area (Å²) in [6, 6.07) is 0. The fourth-order valence-corrected chi connectivity index (χ4v) is 3.33. The zero-order valence-electron chi connectivity index (χ0n) is 12.9. The molecule has 1 aromatic carbocycles. The quantitative estimate of drug-likeness (QED) is 0.471. The van der Waals surface area contributed by atoms with Gasteiger partial charge in [0.1, 0.15) is 29.4 Å². The number of hydrogen-bond donors (Lipinski definition) is 5. The summed E-state index contributed by atoms with van der Waals surface area (Å²) in [7, 11) is 1.29. The van der Waals surface area contributed by atoms with E-state index in [0.717, 1.165) is 0 Å². The van der Waals surface area contributed by atoms with Crippen molar-refractivity contribution in [3.63, 3.8) is 0 Å². The van der Waals surface area contributed by atoms with Gasteiger partial charge in [0.15, 0.2) is 17.8 Å². The largest absolute Gasteiger partial charge is 0.505 e. The molecule has 0 radical (unpaired) electrons. The van der Waals surface area contributed by atoms with Crippen LogP contribution in [0.1, 0.15) is 5.56 Å². The third-order valence-corrected chi connectivity index (χ3v) is 4.95. The molecule has 0 amide bonds. The van der Waals surface area contributed by atoms with E-state index in [2.05, 4.69) is 0 Å². The van der Waals surface area contributed by atoms with Crippen LogP contribution in [-0.2, 0) is 16.1 Å². The average Bonchev–Trinajstić information content (AvgIpc) is 2.60. The van der Waals surface area contributed by atoms with Crippen LogP contribution in [0.4, 0.5) is 0 Å². The van der Waals surface area contributed by atoms with Gasteiger partial charge < -0.3 is 39.7 Å². The molecule has 0 spiro atoms. The SMILES string of the molecule is COc1c(Cl)c(O)c(Cl)c(CO[C@@H]2O[C@H](CO)[C@@H](O)[C@H](O)[C@H]2O)c1Cl. The number of hydrogen-bond acceptors (Lipinski definition) is 8. The highest BCUT2D eigenvalue weighted by atomic mass is 35.5. The van der Waals surface area contributed by atoms with E-state index in [1.807, 2.05) is 0 Å². The normalized spacial score (nSPS) is 29.7. The van der Waals surface area contributed by atoms with Crippen molar-refractivity contribution in [1.82, 2.24) is 0 Å². The summed E-state index contributed by atoms with van der Waals surface area (Å²) < 4.78 is 15.6. The van der Waals surface area contributed by atoms with E-state index >= 15 is 0 Å². The molecule has 5 N–H and O–H groups in total. The molecule has 1 heterocycles. The van der Waals surface area contributed by atoms with E-state index in [1.165, 1.54) is 7.11 Å². The number of halogens is 3. The second-order valence-corrected chi connectivity index (χ2v) is 6.44. The second kappa shape index (κ2) is 8.43. The molecule has 11 heteroatoms. The highest BCUT2D eigenvalue weighted by Gasteiger charge is 2.44. The topological polar surface area (TPSA) is 129 Å². The highest BCUT2D eigenvalue weighted by Crippen LogP contribution is 2.47. The van der Waals surface area contributed by atoms with Gasteiger partial charge in [0, 0.05) is 5.56 Å². The zero-order chi connectivity index (χ0) is 18.9. The van der Waals surface area contributed by atoms with Crippen molar-refractivity contribution >= 4 is 34.8 Å².